The van der Waals surface area contributed by atoms with Crippen molar-refractivity contribution in [2.75, 3.05) is 23.9 Å². The lowest BCUT2D eigenvalue weighted by atomic mass is 10.2. The van der Waals surface area contributed by atoms with E-state index in [2.05, 4.69) is 10.1 Å². The van der Waals surface area contributed by atoms with Crippen LogP contribution in [-0.2, 0) is 14.3 Å². The molecule has 0 aromatic heterocycles. The highest BCUT2D eigenvalue weighted by atomic mass is 35.5. The summed E-state index contributed by atoms with van der Waals surface area (Å²) < 4.78 is 4.50. The molecule has 1 unspecified atom stereocenters. The summed E-state index contributed by atoms with van der Waals surface area (Å²) in [6.45, 7) is 1.89. The van der Waals surface area contributed by atoms with Crippen LogP contribution in [0.2, 0.25) is 5.02 Å². The predicted octanol–water partition coefficient (Wildman–Crippen LogP) is 1.82. The van der Waals surface area contributed by atoms with Gasteiger partial charge in [0, 0.05) is 16.5 Å². The second-order valence-electron chi connectivity index (χ2n) is 4.16. The number of carbonyl (C=O) groups excluding carboxylic acids is 2. The minimum absolute atomic E-state index is 0.174. The van der Waals surface area contributed by atoms with E-state index < -0.39 is 12.0 Å². The molecule has 0 aliphatic heterocycles. The molecule has 0 bridgehead atoms. The Morgan fingerprint density at radius 2 is 2.20 bits per heavy atom. The van der Waals surface area contributed by atoms with Crippen molar-refractivity contribution in [2.45, 2.75) is 13.0 Å². The molecule has 1 amide bonds. The van der Waals surface area contributed by atoms with E-state index in [4.69, 9.17) is 17.3 Å². The first-order valence-electron chi connectivity index (χ1n) is 5.91. The molecule has 0 radical (unpaired) electrons. The van der Waals surface area contributed by atoms with Gasteiger partial charge in [-0.05, 0) is 24.6 Å². The first kappa shape index (κ1) is 16.8. The Morgan fingerprint density at radius 3 is 2.80 bits per heavy atom. The number of carbonyl (C=O) groups is 2. The van der Waals surface area contributed by atoms with Crippen LogP contribution in [0.5, 0.6) is 0 Å². The Kier molecular flexibility index (Phi) is 6.84. The molecular formula is C13H17ClN2O3S. The molecule has 1 aromatic carbocycles. The van der Waals surface area contributed by atoms with Gasteiger partial charge in [-0.15, -0.1) is 11.8 Å². The zero-order valence-electron chi connectivity index (χ0n) is 11.3. The van der Waals surface area contributed by atoms with Crippen LogP contribution >= 0.6 is 23.4 Å². The van der Waals surface area contributed by atoms with Crippen molar-refractivity contribution in [3.05, 3.63) is 28.8 Å². The fourth-order valence-corrected chi connectivity index (χ4v) is 2.31. The smallest absolute Gasteiger partial charge is 0.323 e. The predicted molar refractivity (Wildman–Crippen MR) is 82.1 cm³/mol. The quantitative estimate of drug-likeness (QED) is 0.782. The van der Waals surface area contributed by atoms with Gasteiger partial charge >= 0.3 is 5.97 Å². The number of methoxy groups -OCH3 is 1. The molecule has 0 fully saturated rings. The normalized spacial score (nSPS) is 11.8. The highest BCUT2D eigenvalue weighted by molar-refractivity contribution is 8.00. The standard InChI is InChI=1S/C13H17ClN2O3S/c1-8-3-4-9(5-10(8)14)16-12(17)7-20-6-11(15)13(18)19-2/h3-5,11H,6-7,15H2,1-2H3,(H,16,17). The van der Waals surface area contributed by atoms with Gasteiger partial charge in [0.2, 0.25) is 5.91 Å². The molecule has 0 aliphatic carbocycles. The highest BCUT2D eigenvalue weighted by Crippen LogP contribution is 2.20. The molecule has 1 rings (SSSR count). The van der Waals surface area contributed by atoms with E-state index in [9.17, 15) is 9.59 Å². The molecule has 0 spiro atoms. The van der Waals surface area contributed by atoms with Crippen LogP contribution in [0.3, 0.4) is 0 Å². The van der Waals surface area contributed by atoms with Gasteiger partial charge in [-0.25, -0.2) is 0 Å². The fourth-order valence-electron chi connectivity index (χ4n) is 1.37. The van der Waals surface area contributed by atoms with E-state index in [1.165, 1.54) is 18.9 Å². The molecule has 110 valence electrons. The Hall–Kier alpha value is -1.24. The highest BCUT2D eigenvalue weighted by Gasteiger charge is 2.14. The lowest BCUT2D eigenvalue weighted by molar-refractivity contribution is -0.141. The summed E-state index contributed by atoms with van der Waals surface area (Å²) in [5.41, 5.74) is 7.15. The molecular weight excluding hydrogens is 300 g/mol. The summed E-state index contributed by atoms with van der Waals surface area (Å²) in [5, 5.41) is 3.33. The van der Waals surface area contributed by atoms with Gasteiger partial charge in [0.05, 0.1) is 12.9 Å². The zero-order valence-corrected chi connectivity index (χ0v) is 12.9. The second kappa shape index (κ2) is 8.14. The summed E-state index contributed by atoms with van der Waals surface area (Å²) >= 11 is 7.24. The number of aryl methyl sites for hydroxylation is 1. The van der Waals surface area contributed by atoms with Crippen LogP contribution in [0, 0.1) is 6.92 Å². The van der Waals surface area contributed by atoms with Gasteiger partial charge in [-0.3, -0.25) is 9.59 Å². The summed E-state index contributed by atoms with van der Waals surface area (Å²) in [6, 6.07) is 4.59. The molecule has 0 heterocycles. The van der Waals surface area contributed by atoms with Crippen molar-refractivity contribution in [1.29, 1.82) is 0 Å². The van der Waals surface area contributed by atoms with Crippen molar-refractivity contribution in [1.82, 2.24) is 0 Å². The average Bonchev–Trinajstić information content (AvgIpc) is 2.41. The number of ether oxygens (including phenoxy) is 1. The van der Waals surface area contributed by atoms with E-state index in [1.807, 2.05) is 13.0 Å². The number of halogens is 1. The van der Waals surface area contributed by atoms with E-state index in [0.717, 1.165) is 5.56 Å². The van der Waals surface area contributed by atoms with Gasteiger partial charge in [-0.1, -0.05) is 17.7 Å². The van der Waals surface area contributed by atoms with E-state index >= 15 is 0 Å². The number of rotatable bonds is 6. The first-order valence-corrected chi connectivity index (χ1v) is 7.44. The molecule has 0 aliphatic rings. The number of anilines is 1. The maximum atomic E-state index is 11.7. The van der Waals surface area contributed by atoms with Gasteiger partial charge in [0.1, 0.15) is 6.04 Å². The van der Waals surface area contributed by atoms with Crippen LogP contribution in [0.1, 0.15) is 5.56 Å². The maximum absolute atomic E-state index is 11.7. The largest absolute Gasteiger partial charge is 0.468 e. The Morgan fingerprint density at radius 1 is 1.50 bits per heavy atom. The van der Waals surface area contributed by atoms with Crippen molar-refractivity contribution < 1.29 is 14.3 Å². The molecule has 3 N–H and O–H groups in total. The van der Waals surface area contributed by atoms with Crippen molar-refractivity contribution >= 4 is 40.9 Å². The number of benzene rings is 1. The van der Waals surface area contributed by atoms with Crippen molar-refractivity contribution in [3.8, 4) is 0 Å². The summed E-state index contributed by atoms with van der Waals surface area (Å²) in [7, 11) is 1.28. The molecule has 0 saturated carbocycles. The number of hydrogen-bond acceptors (Lipinski definition) is 5. The van der Waals surface area contributed by atoms with Crippen LogP contribution < -0.4 is 11.1 Å². The van der Waals surface area contributed by atoms with Gasteiger partial charge < -0.3 is 15.8 Å². The SMILES string of the molecule is COC(=O)C(N)CSCC(=O)Nc1ccc(C)c(Cl)c1. The Balaban J connectivity index is 2.37. The van der Waals surface area contributed by atoms with Crippen LogP contribution in [-0.4, -0.2) is 36.5 Å². The third-order valence-corrected chi connectivity index (χ3v) is 3.96. The monoisotopic (exact) mass is 316 g/mol. The van der Waals surface area contributed by atoms with Crippen LogP contribution in [0.25, 0.3) is 0 Å². The first-order chi connectivity index (χ1) is 9.43. The number of esters is 1. The number of nitrogens with one attached hydrogen (secondary N) is 1. The van der Waals surface area contributed by atoms with Crippen molar-refractivity contribution in [2.24, 2.45) is 5.73 Å². The third kappa shape index (κ3) is 5.40. The van der Waals surface area contributed by atoms with Crippen LogP contribution in [0.4, 0.5) is 5.69 Å². The minimum Gasteiger partial charge on any atom is -0.468 e. The Labute approximate surface area is 127 Å². The number of amides is 1. The molecule has 5 nitrogen and oxygen atoms in total. The molecule has 1 atom stereocenters. The van der Waals surface area contributed by atoms with E-state index in [1.54, 1.807) is 12.1 Å². The van der Waals surface area contributed by atoms with Crippen molar-refractivity contribution in [3.63, 3.8) is 0 Å². The Bertz CT molecular complexity index is 497. The van der Waals surface area contributed by atoms with E-state index in [-0.39, 0.29) is 11.7 Å². The van der Waals surface area contributed by atoms with Gasteiger partial charge in [-0.2, -0.15) is 0 Å². The lowest BCUT2D eigenvalue weighted by Crippen LogP contribution is -2.34. The summed E-state index contributed by atoms with van der Waals surface area (Å²) in [5.74, 6) is -0.125. The summed E-state index contributed by atoms with van der Waals surface area (Å²) in [4.78, 5) is 22.8. The molecule has 1 aromatic rings. The number of thioether (sulfide) groups is 1. The number of hydrogen-bond donors (Lipinski definition) is 2. The minimum atomic E-state index is -0.716. The zero-order chi connectivity index (χ0) is 15.1. The van der Waals surface area contributed by atoms with Gasteiger partial charge in [0.15, 0.2) is 0 Å². The second-order valence-corrected chi connectivity index (χ2v) is 5.59. The third-order valence-electron chi connectivity index (χ3n) is 2.49. The molecule has 7 heteroatoms. The van der Waals surface area contributed by atoms with Gasteiger partial charge in [0.25, 0.3) is 0 Å². The average molecular weight is 317 g/mol. The lowest BCUT2D eigenvalue weighted by Gasteiger charge is -2.09. The topological polar surface area (TPSA) is 81.4 Å². The summed E-state index contributed by atoms with van der Waals surface area (Å²) in [6.07, 6.45) is 0. The molecule has 20 heavy (non-hydrogen) atoms. The van der Waals surface area contributed by atoms with Crippen LogP contribution in [0.15, 0.2) is 18.2 Å². The van der Waals surface area contributed by atoms with E-state index in [0.29, 0.717) is 16.5 Å². The number of nitrogens with two attached hydrogens (primary N) is 1. The maximum Gasteiger partial charge on any atom is 0.323 e. The molecule has 0 saturated heterocycles. The fraction of sp³-hybridized carbons (Fsp3) is 0.385.